The number of carbonyl (C=O) groups is 1. The molecule has 1 saturated heterocycles. The van der Waals surface area contributed by atoms with E-state index in [2.05, 4.69) is 33.4 Å². The van der Waals surface area contributed by atoms with E-state index in [0.29, 0.717) is 31.5 Å². The van der Waals surface area contributed by atoms with Crippen LogP contribution in [0, 0.1) is 23.2 Å². The first kappa shape index (κ1) is 22.2. The van der Waals surface area contributed by atoms with Crippen LogP contribution in [-0.4, -0.2) is 98.4 Å². The molecule has 1 heterocycles. The molecule has 26 heavy (non-hydrogen) atoms. The number of rotatable bonds is 8. The van der Waals surface area contributed by atoms with Gasteiger partial charge in [-0.2, -0.15) is 5.26 Å². The second kappa shape index (κ2) is 11.0. The van der Waals surface area contributed by atoms with E-state index in [1.807, 2.05) is 20.2 Å². The molecule has 1 rings (SSSR count). The Kier molecular flexibility index (Phi) is 9.41. The van der Waals surface area contributed by atoms with Gasteiger partial charge in [0.2, 0.25) is 5.91 Å². The highest BCUT2D eigenvalue weighted by molar-refractivity contribution is 5.88. The highest BCUT2D eigenvalue weighted by Crippen LogP contribution is 2.22. The fourth-order valence-corrected chi connectivity index (χ4v) is 3.55. The molecule has 146 valence electrons. The van der Waals surface area contributed by atoms with Crippen LogP contribution in [0.2, 0.25) is 0 Å². The predicted molar refractivity (Wildman–Crippen MR) is 103 cm³/mol. The van der Waals surface area contributed by atoms with Crippen molar-refractivity contribution in [3.63, 3.8) is 0 Å². The van der Waals surface area contributed by atoms with Crippen LogP contribution in [0.25, 0.3) is 0 Å². The van der Waals surface area contributed by atoms with Gasteiger partial charge in [-0.15, -0.1) is 0 Å². The molecule has 1 N–H and O–H groups in total. The van der Waals surface area contributed by atoms with Gasteiger partial charge in [0.25, 0.3) is 0 Å². The number of hydrogen-bond acceptors (Lipinski definition) is 6. The molecule has 3 atom stereocenters. The van der Waals surface area contributed by atoms with E-state index in [1.165, 1.54) is 0 Å². The van der Waals surface area contributed by atoms with Gasteiger partial charge in [-0.25, -0.2) is 4.99 Å². The molecule has 0 aromatic rings. The molecule has 8 heteroatoms. The topological polar surface area (TPSA) is 95.5 Å². The van der Waals surface area contributed by atoms with Crippen molar-refractivity contribution in [2.24, 2.45) is 21.8 Å². The first-order valence-electron chi connectivity index (χ1n) is 8.95. The Bertz CT molecular complexity index is 544. The van der Waals surface area contributed by atoms with Crippen LogP contribution < -0.4 is 0 Å². The van der Waals surface area contributed by atoms with Crippen LogP contribution in [0.1, 0.15) is 19.8 Å². The van der Waals surface area contributed by atoms with Crippen LogP contribution in [0.3, 0.4) is 0 Å². The second-order valence-electron chi connectivity index (χ2n) is 7.06. The number of piperidine rings is 1. The monoisotopic (exact) mass is 364 g/mol. The Balaban J connectivity index is 2.66. The summed E-state index contributed by atoms with van der Waals surface area (Å²) in [6, 6.07) is 2.17. The van der Waals surface area contributed by atoms with E-state index >= 15 is 0 Å². The zero-order valence-electron chi connectivity index (χ0n) is 16.4. The Hall–Kier alpha value is -1.82. The lowest BCUT2D eigenvalue weighted by Gasteiger charge is -2.42. The minimum atomic E-state index is -0.173. The van der Waals surface area contributed by atoms with Crippen molar-refractivity contribution in [3.8, 4) is 6.07 Å². The zero-order valence-corrected chi connectivity index (χ0v) is 16.4. The maximum Gasteiger partial charge on any atom is 0.236 e. The van der Waals surface area contributed by atoms with Gasteiger partial charge in [0.05, 0.1) is 25.3 Å². The number of carbonyl (C=O) groups excluding carboxylic acids is 1. The van der Waals surface area contributed by atoms with Crippen LogP contribution in [0.5, 0.6) is 0 Å². The number of aliphatic imine (C=N–C) groups is 2. The number of aliphatic hydroxyl groups is 1. The highest BCUT2D eigenvalue weighted by atomic mass is 16.3. The van der Waals surface area contributed by atoms with Crippen molar-refractivity contribution < 1.29 is 9.90 Å². The van der Waals surface area contributed by atoms with Crippen LogP contribution >= 0.6 is 0 Å². The first-order chi connectivity index (χ1) is 12.4. The summed E-state index contributed by atoms with van der Waals surface area (Å²) >= 11 is 0. The molecule has 3 unspecified atom stereocenters. The average molecular weight is 364 g/mol. The molecule has 0 bridgehead atoms. The van der Waals surface area contributed by atoms with Crippen molar-refractivity contribution in [1.29, 1.82) is 5.26 Å². The summed E-state index contributed by atoms with van der Waals surface area (Å²) < 4.78 is 0. The van der Waals surface area contributed by atoms with Crippen molar-refractivity contribution in [2.45, 2.75) is 25.8 Å². The molecule has 1 aliphatic heterocycles. The van der Waals surface area contributed by atoms with Crippen LogP contribution in [0.4, 0.5) is 0 Å². The lowest BCUT2D eigenvalue weighted by atomic mass is 9.92. The largest absolute Gasteiger partial charge is 0.396 e. The molecule has 8 nitrogen and oxygen atoms in total. The predicted octanol–water partition coefficient (Wildman–Crippen LogP) is 0.296. The third-order valence-electron chi connectivity index (χ3n) is 5.04. The summed E-state index contributed by atoms with van der Waals surface area (Å²) in [4.78, 5) is 26.1. The van der Waals surface area contributed by atoms with Crippen molar-refractivity contribution >= 4 is 18.5 Å². The van der Waals surface area contributed by atoms with Crippen molar-refractivity contribution in [3.05, 3.63) is 0 Å². The van der Waals surface area contributed by atoms with Crippen LogP contribution in [0.15, 0.2) is 9.98 Å². The van der Waals surface area contributed by atoms with E-state index in [1.54, 1.807) is 11.9 Å². The van der Waals surface area contributed by atoms with Crippen molar-refractivity contribution in [1.82, 2.24) is 14.7 Å². The Morgan fingerprint density at radius 3 is 2.73 bits per heavy atom. The number of amidine groups is 1. The number of likely N-dealkylation sites (N-methyl/N-ethyl adjacent to an activating group) is 1. The molecule has 0 aromatic carbocycles. The molecule has 1 fully saturated rings. The Labute approximate surface area is 156 Å². The van der Waals surface area contributed by atoms with Crippen LogP contribution in [-0.2, 0) is 4.79 Å². The van der Waals surface area contributed by atoms with Crippen molar-refractivity contribution in [2.75, 3.05) is 54.1 Å². The molecule has 0 spiro atoms. The molecule has 0 saturated carbocycles. The fourth-order valence-electron chi connectivity index (χ4n) is 3.55. The number of amides is 1. The maximum atomic E-state index is 12.0. The third kappa shape index (κ3) is 6.16. The number of nitriles is 1. The average Bonchev–Trinajstić information content (AvgIpc) is 2.62. The van der Waals surface area contributed by atoms with Gasteiger partial charge in [0.15, 0.2) is 0 Å². The minimum absolute atomic E-state index is 0.0317. The highest BCUT2D eigenvalue weighted by Gasteiger charge is 2.31. The van der Waals surface area contributed by atoms with E-state index in [-0.39, 0.29) is 30.9 Å². The summed E-state index contributed by atoms with van der Waals surface area (Å²) in [5, 5.41) is 18.3. The van der Waals surface area contributed by atoms with E-state index < -0.39 is 0 Å². The fraction of sp³-hybridized carbons (Fsp3) is 0.778. The number of nitrogens with zero attached hydrogens (tertiary/aromatic N) is 6. The quantitative estimate of drug-likeness (QED) is 0.380. The Morgan fingerprint density at radius 1 is 1.50 bits per heavy atom. The summed E-state index contributed by atoms with van der Waals surface area (Å²) in [5.41, 5.74) is 0. The van der Waals surface area contributed by atoms with Gasteiger partial charge >= 0.3 is 0 Å². The van der Waals surface area contributed by atoms with E-state index in [4.69, 9.17) is 5.26 Å². The molecule has 1 amide bonds. The zero-order chi connectivity index (χ0) is 19.7. The molecule has 1 aliphatic rings. The molecular weight excluding hydrogens is 332 g/mol. The first-order valence-corrected chi connectivity index (χ1v) is 8.95. The third-order valence-corrected chi connectivity index (χ3v) is 5.04. The SMILES string of the molecule is C=NC(=NC)C(CO)CN(C)CN(C)C1CN(C(=O)CC#N)CCC1C. The number of aliphatic hydroxyl groups excluding tert-OH is 1. The van der Waals surface area contributed by atoms with Gasteiger partial charge in [0.1, 0.15) is 12.3 Å². The summed E-state index contributed by atoms with van der Waals surface area (Å²) in [7, 11) is 5.68. The van der Waals surface area contributed by atoms with Gasteiger partial charge in [-0.05, 0) is 33.2 Å². The molecular formula is C18H32N6O2. The molecule has 0 aliphatic carbocycles. The lowest BCUT2D eigenvalue weighted by molar-refractivity contribution is -0.133. The van der Waals surface area contributed by atoms with E-state index in [0.717, 1.165) is 13.0 Å². The van der Waals surface area contributed by atoms with Gasteiger partial charge in [0, 0.05) is 32.7 Å². The summed E-state index contributed by atoms with van der Waals surface area (Å²) in [6.45, 7) is 8.35. The second-order valence-corrected chi connectivity index (χ2v) is 7.06. The molecule has 0 aromatic heterocycles. The standard InChI is InChI=1S/C18H32N6O2/c1-14-7-9-24(17(26)6-8-19)11-16(14)23(5)13-22(4)10-15(12-25)18(20-2)21-3/h14-16,25H,2,6-7,9-13H2,1,3-5H3. The number of likely N-dealkylation sites (tertiary alicyclic amines) is 1. The normalized spacial score (nSPS) is 22.4. The lowest BCUT2D eigenvalue weighted by Crippen LogP contribution is -2.54. The minimum Gasteiger partial charge on any atom is -0.396 e. The Morgan fingerprint density at radius 2 is 2.19 bits per heavy atom. The maximum absolute atomic E-state index is 12.0. The molecule has 0 radical (unpaired) electrons. The number of hydrogen-bond donors (Lipinski definition) is 1. The smallest absolute Gasteiger partial charge is 0.236 e. The van der Waals surface area contributed by atoms with Gasteiger partial charge < -0.3 is 10.0 Å². The summed E-state index contributed by atoms with van der Waals surface area (Å²) in [6.07, 6.45) is 0.874. The van der Waals surface area contributed by atoms with Gasteiger partial charge in [-0.3, -0.25) is 19.6 Å². The van der Waals surface area contributed by atoms with E-state index in [9.17, 15) is 9.90 Å². The van der Waals surface area contributed by atoms with Gasteiger partial charge in [-0.1, -0.05) is 6.92 Å². The summed E-state index contributed by atoms with van der Waals surface area (Å²) in [5.74, 6) is 0.762.